The number of aromatic nitrogens is 1. The molecule has 1 amide bonds. The van der Waals surface area contributed by atoms with E-state index in [0.29, 0.717) is 5.56 Å². The Morgan fingerprint density at radius 2 is 2.00 bits per heavy atom. The molecule has 0 atom stereocenters. The molecule has 0 bridgehead atoms. The van der Waals surface area contributed by atoms with Crippen LogP contribution in [0, 0.1) is 13.8 Å². The number of rotatable bonds is 9. The predicted octanol–water partition coefficient (Wildman–Crippen LogP) is 2.72. The monoisotopic (exact) mass is 399 g/mol. The molecule has 1 aromatic heterocycles. The number of carbonyl (C=O) groups is 1. The molecule has 0 spiro atoms. The minimum absolute atomic E-state index is 0.0213. The van der Waals surface area contributed by atoms with Crippen molar-refractivity contribution in [1.82, 2.24) is 20.7 Å². The minimum atomic E-state index is 0.0213. The van der Waals surface area contributed by atoms with Crippen LogP contribution in [0.5, 0.6) is 0 Å². The van der Waals surface area contributed by atoms with Crippen LogP contribution in [0.15, 0.2) is 33.8 Å². The summed E-state index contributed by atoms with van der Waals surface area (Å²) < 4.78 is 5.21. The topological polar surface area (TPSA) is 82.8 Å². The average Bonchev–Trinajstić information content (AvgIpc) is 3.02. The zero-order valence-electron chi connectivity index (χ0n) is 18.2. The maximum Gasteiger partial charge on any atom is 0.253 e. The summed E-state index contributed by atoms with van der Waals surface area (Å²) in [6.07, 6.45) is 2.67. The number of carbonyl (C=O) groups excluding carboxylic acids is 1. The lowest BCUT2D eigenvalue weighted by Crippen LogP contribution is -2.38. The van der Waals surface area contributed by atoms with E-state index >= 15 is 0 Å². The second-order valence-electron chi connectivity index (χ2n) is 7.24. The fraction of sp³-hybridized carbons (Fsp3) is 0.500. The Hall–Kier alpha value is -2.83. The second kappa shape index (κ2) is 11.2. The van der Waals surface area contributed by atoms with Crippen molar-refractivity contribution in [1.29, 1.82) is 0 Å². The molecule has 0 saturated heterocycles. The molecule has 0 aliphatic rings. The summed E-state index contributed by atoms with van der Waals surface area (Å²) in [4.78, 5) is 18.4. The number of guanidine groups is 1. The summed E-state index contributed by atoms with van der Waals surface area (Å²) in [5.74, 6) is 1.73. The number of hydrogen-bond donors (Lipinski definition) is 2. The zero-order valence-corrected chi connectivity index (χ0v) is 18.2. The van der Waals surface area contributed by atoms with Crippen LogP contribution in [0.3, 0.4) is 0 Å². The SMILES string of the molecule is CCNC(=NCCCc1c(C)noc1C)NCCc1cccc(C(=O)N(C)C)c1. The quantitative estimate of drug-likeness (QED) is 0.385. The Morgan fingerprint density at radius 1 is 1.21 bits per heavy atom. The van der Waals surface area contributed by atoms with Crippen LogP contribution >= 0.6 is 0 Å². The third kappa shape index (κ3) is 6.93. The molecule has 0 fully saturated rings. The highest BCUT2D eigenvalue weighted by molar-refractivity contribution is 5.94. The van der Waals surface area contributed by atoms with Gasteiger partial charge in [0.05, 0.1) is 5.69 Å². The standard InChI is InChI=1S/C22H33N5O2/c1-6-23-22(24-13-8-11-20-16(2)26-29-17(20)3)25-14-12-18-9-7-10-19(15-18)21(28)27(4)5/h7,9-10,15H,6,8,11-14H2,1-5H3,(H2,23,24,25). The van der Waals surface area contributed by atoms with E-state index in [1.165, 1.54) is 5.56 Å². The molecule has 0 saturated carbocycles. The Labute approximate surface area is 173 Å². The minimum Gasteiger partial charge on any atom is -0.361 e. The average molecular weight is 400 g/mol. The van der Waals surface area contributed by atoms with Crippen molar-refractivity contribution in [2.24, 2.45) is 4.99 Å². The van der Waals surface area contributed by atoms with Crippen molar-refractivity contribution in [2.75, 3.05) is 33.7 Å². The van der Waals surface area contributed by atoms with Crippen molar-refractivity contribution in [2.45, 2.75) is 40.0 Å². The van der Waals surface area contributed by atoms with Gasteiger partial charge in [-0.25, -0.2) is 0 Å². The van der Waals surface area contributed by atoms with Gasteiger partial charge in [-0.2, -0.15) is 0 Å². The van der Waals surface area contributed by atoms with Gasteiger partial charge in [0, 0.05) is 44.9 Å². The second-order valence-corrected chi connectivity index (χ2v) is 7.24. The van der Waals surface area contributed by atoms with Gasteiger partial charge in [0.2, 0.25) is 0 Å². The molecule has 2 aromatic rings. The number of benzene rings is 1. The van der Waals surface area contributed by atoms with E-state index in [1.807, 2.05) is 38.1 Å². The molecule has 2 rings (SSSR count). The van der Waals surface area contributed by atoms with Gasteiger partial charge in [-0.1, -0.05) is 17.3 Å². The number of hydrogen-bond acceptors (Lipinski definition) is 4. The van der Waals surface area contributed by atoms with Crippen molar-refractivity contribution < 1.29 is 9.32 Å². The number of nitrogens with one attached hydrogen (secondary N) is 2. The molecule has 2 N–H and O–H groups in total. The molecule has 0 unspecified atom stereocenters. The van der Waals surface area contributed by atoms with Crippen LogP contribution in [0.4, 0.5) is 0 Å². The van der Waals surface area contributed by atoms with Crippen LogP contribution in [0.25, 0.3) is 0 Å². The molecule has 158 valence electrons. The Bertz CT molecular complexity index is 807. The molecule has 1 aromatic carbocycles. The summed E-state index contributed by atoms with van der Waals surface area (Å²) in [6.45, 7) is 8.26. The molecule has 7 nitrogen and oxygen atoms in total. The van der Waals surface area contributed by atoms with E-state index in [1.54, 1.807) is 19.0 Å². The fourth-order valence-corrected chi connectivity index (χ4v) is 3.09. The van der Waals surface area contributed by atoms with Gasteiger partial charge in [-0.3, -0.25) is 9.79 Å². The lowest BCUT2D eigenvalue weighted by Gasteiger charge is -2.13. The third-order valence-electron chi connectivity index (χ3n) is 4.67. The Balaban J connectivity index is 1.83. The Morgan fingerprint density at radius 3 is 2.66 bits per heavy atom. The van der Waals surface area contributed by atoms with Crippen LogP contribution in [-0.2, 0) is 12.8 Å². The first-order valence-electron chi connectivity index (χ1n) is 10.2. The number of aryl methyl sites for hydroxylation is 2. The first kappa shape index (κ1) is 22.5. The maximum absolute atomic E-state index is 12.1. The van der Waals surface area contributed by atoms with Crippen LogP contribution in [0.2, 0.25) is 0 Å². The molecular weight excluding hydrogens is 366 g/mol. The van der Waals surface area contributed by atoms with E-state index in [4.69, 9.17) is 4.52 Å². The van der Waals surface area contributed by atoms with Crippen LogP contribution in [-0.4, -0.2) is 55.7 Å². The molecule has 0 aliphatic heterocycles. The van der Waals surface area contributed by atoms with Crippen LogP contribution < -0.4 is 10.6 Å². The Kier molecular flexibility index (Phi) is 8.70. The summed E-state index contributed by atoms with van der Waals surface area (Å²) in [7, 11) is 3.53. The van der Waals surface area contributed by atoms with E-state index < -0.39 is 0 Å². The summed E-state index contributed by atoms with van der Waals surface area (Å²) in [5.41, 5.74) is 3.99. The van der Waals surface area contributed by atoms with Gasteiger partial charge in [0.1, 0.15) is 5.76 Å². The number of nitrogens with zero attached hydrogens (tertiary/aromatic N) is 3. The maximum atomic E-state index is 12.1. The number of amides is 1. The predicted molar refractivity (Wildman–Crippen MR) is 116 cm³/mol. The zero-order chi connectivity index (χ0) is 21.2. The lowest BCUT2D eigenvalue weighted by molar-refractivity contribution is 0.0827. The first-order chi connectivity index (χ1) is 13.9. The summed E-state index contributed by atoms with van der Waals surface area (Å²) >= 11 is 0. The molecule has 0 radical (unpaired) electrons. The van der Waals surface area contributed by atoms with Crippen molar-refractivity contribution in [3.63, 3.8) is 0 Å². The highest BCUT2D eigenvalue weighted by atomic mass is 16.5. The molecule has 0 aliphatic carbocycles. The van der Waals surface area contributed by atoms with Gasteiger partial charge < -0.3 is 20.1 Å². The van der Waals surface area contributed by atoms with Gasteiger partial charge in [0.15, 0.2) is 5.96 Å². The molecule has 7 heteroatoms. The summed E-state index contributed by atoms with van der Waals surface area (Å²) in [6, 6.07) is 7.78. The van der Waals surface area contributed by atoms with Crippen LogP contribution in [0.1, 0.15) is 46.3 Å². The third-order valence-corrected chi connectivity index (χ3v) is 4.67. The normalized spacial score (nSPS) is 11.4. The van der Waals surface area contributed by atoms with E-state index in [9.17, 15) is 4.79 Å². The van der Waals surface area contributed by atoms with E-state index in [-0.39, 0.29) is 5.91 Å². The van der Waals surface area contributed by atoms with Crippen molar-refractivity contribution in [3.8, 4) is 0 Å². The first-order valence-corrected chi connectivity index (χ1v) is 10.2. The van der Waals surface area contributed by atoms with E-state index in [2.05, 4.69) is 27.7 Å². The fourth-order valence-electron chi connectivity index (χ4n) is 3.09. The van der Waals surface area contributed by atoms with E-state index in [0.717, 1.165) is 61.9 Å². The summed E-state index contributed by atoms with van der Waals surface area (Å²) in [5, 5.41) is 10.6. The number of aliphatic imine (C=N–C) groups is 1. The van der Waals surface area contributed by atoms with Gasteiger partial charge in [-0.05, 0) is 57.7 Å². The highest BCUT2D eigenvalue weighted by Gasteiger charge is 2.09. The van der Waals surface area contributed by atoms with Gasteiger partial charge in [0.25, 0.3) is 5.91 Å². The van der Waals surface area contributed by atoms with Crippen molar-refractivity contribution >= 4 is 11.9 Å². The molecule has 1 heterocycles. The molecule has 29 heavy (non-hydrogen) atoms. The lowest BCUT2D eigenvalue weighted by atomic mass is 10.1. The smallest absolute Gasteiger partial charge is 0.253 e. The largest absolute Gasteiger partial charge is 0.361 e. The van der Waals surface area contributed by atoms with Gasteiger partial charge in [-0.15, -0.1) is 0 Å². The molecular formula is C22H33N5O2. The van der Waals surface area contributed by atoms with Gasteiger partial charge >= 0.3 is 0 Å². The van der Waals surface area contributed by atoms with Crippen molar-refractivity contribution in [3.05, 3.63) is 52.4 Å². The highest BCUT2D eigenvalue weighted by Crippen LogP contribution is 2.14.